The molecule has 22 heavy (non-hydrogen) atoms. The van der Waals surface area contributed by atoms with Crippen LogP contribution in [0.3, 0.4) is 0 Å². The molecule has 2 aromatic rings. The van der Waals surface area contributed by atoms with Gasteiger partial charge in [0.2, 0.25) is 0 Å². The molecule has 4 nitrogen and oxygen atoms in total. The highest BCUT2D eigenvalue weighted by atomic mass is 16.5. The number of rotatable bonds is 3. The van der Waals surface area contributed by atoms with Gasteiger partial charge in [-0.1, -0.05) is 30.3 Å². The lowest BCUT2D eigenvalue weighted by Gasteiger charge is -2.33. The Labute approximate surface area is 130 Å². The summed E-state index contributed by atoms with van der Waals surface area (Å²) in [6.07, 6.45) is -0.0582. The Morgan fingerprint density at radius 2 is 1.86 bits per heavy atom. The Morgan fingerprint density at radius 1 is 1.14 bits per heavy atom. The molecule has 1 aliphatic rings. The predicted molar refractivity (Wildman–Crippen MR) is 84.0 cm³/mol. The van der Waals surface area contributed by atoms with E-state index in [9.17, 15) is 4.79 Å². The molecular formula is C18H19NO3. The van der Waals surface area contributed by atoms with Gasteiger partial charge in [0.05, 0.1) is 20.3 Å². The maximum Gasteiger partial charge on any atom is 0.254 e. The molecule has 0 bridgehead atoms. The molecule has 1 aliphatic heterocycles. The molecule has 3 rings (SSSR count). The zero-order valence-corrected chi connectivity index (χ0v) is 12.6. The van der Waals surface area contributed by atoms with Crippen LogP contribution in [-0.4, -0.2) is 37.6 Å². The fraction of sp³-hybridized carbons (Fsp3) is 0.278. The first-order chi connectivity index (χ1) is 10.8. The van der Waals surface area contributed by atoms with Crippen LogP contribution in [0.2, 0.25) is 0 Å². The van der Waals surface area contributed by atoms with E-state index in [1.54, 1.807) is 19.2 Å². The zero-order valence-electron chi connectivity index (χ0n) is 12.6. The van der Waals surface area contributed by atoms with Crippen molar-refractivity contribution in [2.75, 3.05) is 26.8 Å². The van der Waals surface area contributed by atoms with Gasteiger partial charge in [0.25, 0.3) is 5.91 Å². The van der Waals surface area contributed by atoms with E-state index in [1.165, 1.54) is 0 Å². The lowest BCUT2D eigenvalue weighted by molar-refractivity contribution is -0.0228. The van der Waals surface area contributed by atoms with Crippen molar-refractivity contribution in [2.45, 2.75) is 6.10 Å². The smallest absolute Gasteiger partial charge is 0.254 e. The number of ether oxygens (including phenoxy) is 2. The summed E-state index contributed by atoms with van der Waals surface area (Å²) in [5.41, 5.74) is 1.78. The number of methoxy groups -OCH3 is 1. The first-order valence-electron chi connectivity index (χ1n) is 7.38. The van der Waals surface area contributed by atoms with Gasteiger partial charge in [-0.3, -0.25) is 4.79 Å². The third-order valence-corrected chi connectivity index (χ3v) is 3.86. The lowest BCUT2D eigenvalue weighted by Crippen LogP contribution is -2.42. The van der Waals surface area contributed by atoms with Gasteiger partial charge in [-0.25, -0.2) is 0 Å². The molecule has 0 spiro atoms. The number of hydrogen-bond donors (Lipinski definition) is 0. The van der Waals surface area contributed by atoms with Crippen LogP contribution in [0.4, 0.5) is 0 Å². The summed E-state index contributed by atoms with van der Waals surface area (Å²) < 4.78 is 10.9. The van der Waals surface area contributed by atoms with Gasteiger partial charge in [0, 0.05) is 12.1 Å². The summed E-state index contributed by atoms with van der Waals surface area (Å²) in [4.78, 5) is 14.5. The molecule has 1 heterocycles. The van der Waals surface area contributed by atoms with E-state index >= 15 is 0 Å². The molecule has 2 aromatic carbocycles. The van der Waals surface area contributed by atoms with E-state index in [-0.39, 0.29) is 12.0 Å². The fourth-order valence-corrected chi connectivity index (χ4v) is 2.62. The van der Waals surface area contributed by atoms with Crippen molar-refractivity contribution in [2.24, 2.45) is 0 Å². The average molecular weight is 297 g/mol. The summed E-state index contributed by atoms with van der Waals surface area (Å²) >= 11 is 0. The van der Waals surface area contributed by atoms with Gasteiger partial charge in [-0.05, 0) is 29.8 Å². The van der Waals surface area contributed by atoms with Gasteiger partial charge in [0.1, 0.15) is 11.9 Å². The number of amides is 1. The first kappa shape index (κ1) is 14.6. The molecule has 1 saturated heterocycles. The van der Waals surface area contributed by atoms with Crippen molar-refractivity contribution in [1.82, 2.24) is 4.90 Å². The molecule has 1 amide bonds. The molecule has 0 saturated carbocycles. The van der Waals surface area contributed by atoms with Crippen LogP contribution in [0.15, 0.2) is 54.6 Å². The summed E-state index contributed by atoms with van der Waals surface area (Å²) in [6, 6.07) is 17.2. The largest absolute Gasteiger partial charge is 0.497 e. The number of benzene rings is 2. The summed E-state index contributed by atoms with van der Waals surface area (Å²) in [7, 11) is 1.61. The summed E-state index contributed by atoms with van der Waals surface area (Å²) in [5, 5.41) is 0. The van der Waals surface area contributed by atoms with Crippen LogP contribution in [0, 0.1) is 0 Å². The number of carbonyl (C=O) groups is 1. The van der Waals surface area contributed by atoms with Gasteiger partial charge in [-0.15, -0.1) is 0 Å². The highest BCUT2D eigenvalue weighted by Crippen LogP contribution is 2.23. The number of nitrogens with zero attached hydrogens (tertiary/aromatic N) is 1. The first-order valence-corrected chi connectivity index (χ1v) is 7.38. The van der Waals surface area contributed by atoms with Crippen LogP contribution < -0.4 is 4.74 Å². The van der Waals surface area contributed by atoms with Crippen molar-refractivity contribution in [3.63, 3.8) is 0 Å². The molecule has 1 atom stereocenters. The van der Waals surface area contributed by atoms with Crippen molar-refractivity contribution in [3.8, 4) is 5.75 Å². The Bertz CT molecular complexity index is 625. The van der Waals surface area contributed by atoms with E-state index in [0.29, 0.717) is 25.3 Å². The summed E-state index contributed by atoms with van der Waals surface area (Å²) in [5.74, 6) is 0.785. The topological polar surface area (TPSA) is 38.8 Å². The molecule has 0 radical (unpaired) electrons. The van der Waals surface area contributed by atoms with E-state index in [4.69, 9.17) is 9.47 Å². The number of carbonyl (C=O) groups excluding carboxylic acids is 1. The van der Waals surface area contributed by atoms with Crippen LogP contribution in [-0.2, 0) is 4.74 Å². The quantitative estimate of drug-likeness (QED) is 0.874. The minimum absolute atomic E-state index is 0.0342. The number of hydrogen-bond acceptors (Lipinski definition) is 3. The van der Waals surface area contributed by atoms with Gasteiger partial charge >= 0.3 is 0 Å². The molecular weight excluding hydrogens is 278 g/mol. The minimum Gasteiger partial charge on any atom is -0.497 e. The SMILES string of the molecule is COc1ccc(C(=O)N2CCOC(c3ccccc3)C2)cc1. The molecule has 114 valence electrons. The second-order valence-electron chi connectivity index (χ2n) is 5.25. The van der Waals surface area contributed by atoms with E-state index in [0.717, 1.165) is 11.3 Å². The van der Waals surface area contributed by atoms with Crippen molar-refractivity contribution >= 4 is 5.91 Å². The second kappa shape index (κ2) is 6.62. The van der Waals surface area contributed by atoms with Crippen molar-refractivity contribution in [1.29, 1.82) is 0 Å². The zero-order chi connectivity index (χ0) is 15.4. The van der Waals surface area contributed by atoms with E-state index in [1.807, 2.05) is 47.4 Å². The third kappa shape index (κ3) is 3.12. The molecule has 0 aliphatic carbocycles. The minimum atomic E-state index is -0.0582. The van der Waals surface area contributed by atoms with Crippen LogP contribution >= 0.6 is 0 Å². The molecule has 1 fully saturated rings. The standard InChI is InChI=1S/C18H19NO3/c1-21-16-9-7-15(8-10-16)18(20)19-11-12-22-17(13-19)14-5-3-2-4-6-14/h2-10,17H,11-13H2,1H3. The van der Waals surface area contributed by atoms with Crippen molar-refractivity contribution in [3.05, 3.63) is 65.7 Å². The third-order valence-electron chi connectivity index (χ3n) is 3.86. The maximum absolute atomic E-state index is 12.6. The Hall–Kier alpha value is -2.33. The Morgan fingerprint density at radius 3 is 2.55 bits per heavy atom. The monoisotopic (exact) mass is 297 g/mol. The van der Waals surface area contributed by atoms with Crippen LogP contribution in [0.5, 0.6) is 5.75 Å². The Balaban J connectivity index is 1.72. The number of morpholine rings is 1. The van der Waals surface area contributed by atoms with Crippen LogP contribution in [0.25, 0.3) is 0 Å². The van der Waals surface area contributed by atoms with Gasteiger partial charge < -0.3 is 14.4 Å². The molecule has 0 aromatic heterocycles. The van der Waals surface area contributed by atoms with E-state index in [2.05, 4.69) is 0 Å². The molecule has 4 heteroatoms. The molecule has 0 N–H and O–H groups in total. The van der Waals surface area contributed by atoms with Gasteiger partial charge in [0.15, 0.2) is 0 Å². The highest BCUT2D eigenvalue weighted by Gasteiger charge is 2.25. The maximum atomic E-state index is 12.6. The van der Waals surface area contributed by atoms with Gasteiger partial charge in [-0.2, -0.15) is 0 Å². The van der Waals surface area contributed by atoms with Crippen LogP contribution in [0.1, 0.15) is 22.0 Å². The predicted octanol–water partition coefficient (Wildman–Crippen LogP) is 2.91. The van der Waals surface area contributed by atoms with E-state index < -0.39 is 0 Å². The summed E-state index contributed by atoms with van der Waals surface area (Å²) in [6.45, 7) is 1.75. The van der Waals surface area contributed by atoms with Crippen molar-refractivity contribution < 1.29 is 14.3 Å². The highest BCUT2D eigenvalue weighted by molar-refractivity contribution is 5.94. The second-order valence-corrected chi connectivity index (χ2v) is 5.25. The average Bonchev–Trinajstić information content (AvgIpc) is 2.62. The lowest BCUT2D eigenvalue weighted by atomic mass is 10.1. The normalized spacial score (nSPS) is 18.0. The molecule has 1 unspecified atom stereocenters. The fourth-order valence-electron chi connectivity index (χ4n) is 2.62. The Kier molecular flexibility index (Phi) is 4.39.